The number of hydrogen-bond donors (Lipinski definition) is 0. The zero-order chi connectivity index (χ0) is 14.8. The third kappa shape index (κ3) is 2.62. The number of Topliss-reactive ketones (excluding diaryl/α,β-unsaturated/α-hetero) is 1. The summed E-state index contributed by atoms with van der Waals surface area (Å²) >= 11 is 0. The van der Waals surface area contributed by atoms with Crippen LogP contribution in [-0.2, 0) is 19.1 Å². The molecule has 2 fully saturated rings. The van der Waals surface area contributed by atoms with E-state index < -0.39 is 11.3 Å². The quantitative estimate of drug-likeness (QED) is 0.444. The summed E-state index contributed by atoms with van der Waals surface area (Å²) in [6, 6.07) is 0. The van der Waals surface area contributed by atoms with E-state index in [1.807, 2.05) is 0 Å². The fourth-order valence-electron chi connectivity index (χ4n) is 3.53. The monoisotopic (exact) mass is 279 g/mol. The highest BCUT2D eigenvalue weighted by molar-refractivity contribution is 5.88. The molecule has 0 aromatic heterocycles. The molecule has 0 N–H and O–H groups in total. The Hall–Kier alpha value is -1.65. The Balaban J connectivity index is 2.25. The van der Waals surface area contributed by atoms with Crippen LogP contribution in [0.3, 0.4) is 0 Å². The van der Waals surface area contributed by atoms with Crippen molar-refractivity contribution in [2.24, 2.45) is 11.3 Å². The number of amides is 1. The highest BCUT2D eigenvalue weighted by Crippen LogP contribution is 2.49. The number of likely N-dealkylation sites (tertiary alicyclic amines) is 1. The second kappa shape index (κ2) is 5.77. The van der Waals surface area contributed by atoms with Gasteiger partial charge in [0.2, 0.25) is 6.41 Å². The average Bonchev–Trinajstić information content (AvgIpc) is 2.39. The molecular weight excluding hydrogens is 258 g/mol. The third-order valence-electron chi connectivity index (χ3n) is 4.46. The summed E-state index contributed by atoms with van der Waals surface area (Å²) in [5, 5.41) is 0. The van der Waals surface area contributed by atoms with Crippen LogP contribution in [0.4, 0.5) is 0 Å². The van der Waals surface area contributed by atoms with Crippen LogP contribution in [0, 0.1) is 11.3 Å². The molecule has 5 nitrogen and oxygen atoms in total. The number of carbonyl (C=O) groups excluding carboxylic acids is 3. The minimum Gasteiger partial charge on any atom is -0.466 e. The van der Waals surface area contributed by atoms with Gasteiger partial charge in [0.25, 0.3) is 0 Å². The molecule has 0 aromatic carbocycles. The summed E-state index contributed by atoms with van der Waals surface area (Å²) < 4.78 is 5.17. The lowest BCUT2D eigenvalue weighted by Gasteiger charge is -2.47. The molecule has 1 unspecified atom stereocenters. The Bertz CT molecular complexity index is 435. The van der Waals surface area contributed by atoms with Gasteiger partial charge in [-0.15, -0.1) is 0 Å². The van der Waals surface area contributed by atoms with E-state index in [1.54, 1.807) is 11.8 Å². The molecule has 5 heteroatoms. The molecule has 1 heterocycles. The normalized spacial score (nSPS) is 25.6. The van der Waals surface area contributed by atoms with E-state index >= 15 is 0 Å². The lowest BCUT2D eigenvalue weighted by molar-refractivity contribution is -0.155. The standard InChI is InChI=1S/C15H21NO4/c1-3-20-14(19)13-11(2)8-12(18)9-15(13)4-6-16(10-17)7-5-15/h10,13H,2-9H2,1H3. The number of ether oxygens (including phenoxy) is 1. The van der Waals surface area contributed by atoms with Crippen molar-refractivity contribution in [3.8, 4) is 0 Å². The maximum Gasteiger partial charge on any atom is 0.313 e. The predicted molar refractivity (Wildman–Crippen MR) is 72.8 cm³/mol. The van der Waals surface area contributed by atoms with E-state index in [9.17, 15) is 14.4 Å². The first-order valence-corrected chi connectivity index (χ1v) is 7.08. The van der Waals surface area contributed by atoms with E-state index in [4.69, 9.17) is 4.74 Å². The van der Waals surface area contributed by atoms with E-state index in [0.29, 0.717) is 44.5 Å². The van der Waals surface area contributed by atoms with Gasteiger partial charge in [0.15, 0.2) is 0 Å². The second-order valence-electron chi connectivity index (χ2n) is 5.74. The van der Waals surface area contributed by atoms with Gasteiger partial charge in [-0.05, 0) is 25.2 Å². The van der Waals surface area contributed by atoms with Crippen LogP contribution in [-0.4, -0.2) is 42.8 Å². The highest BCUT2D eigenvalue weighted by atomic mass is 16.5. The molecule has 2 rings (SSSR count). The van der Waals surface area contributed by atoms with Crippen LogP contribution in [0.15, 0.2) is 12.2 Å². The predicted octanol–water partition coefficient (Wildman–Crippen LogP) is 1.32. The van der Waals surface area contributed by atoms with E-state index in [0.717, 1.165) is 6.41 Å². The summed E-state index contributed by atoms with van der Waals surface area (Å²) in [5.41, 5.74) is 0.261. The molecule has 1 spiro atoms. The fourth-order valence-corrected chi connectivity index (χ4v) is 3.53. The minimum atomic E-state index is -0.408. The first kappa shape index (κ1) is 14.8. The van der Waals surface area contributed by atoms with E-state index in [-0.39, 0.29) is 18.2 Å². The molecule has 20 heavy (non-hydrogen) atoms. The number of carbonyl (C=O) groups is 3. The van der Waals surface area contributed by atoms with Crippen LogP contribution in [0.1, 0.15) is 32.6 Å². The molecule has 0 bridgehead atoms. The Kier molecular flexibility index (Phi) is 4.26. The van der Waals surface area contributed by atoms with Gasteiger partial charge >= 0.3 is 5.97 Å². The smallest absolute Gasteiger partial charge is 0.313 e. The first-order valence-electron chi connectivity index (χ1n) is 7.08. The number of nitrogens with zero attached hydrogens (tertiary/aromatic N) is 1. The Morgan fingerprint density at radius 1 is 1.50 bits per heavy atom. The molecule has 1 amide bonds. The van der Waals surface area contributed by atoms with Gasteiger partial charge in [-0.3, -0.25) is 14.4 Å². The third-order valence-corrected chi connectivity index (χ3v) is 4.46. The van der Waals surface area contributed by atoms with Gasteiger partial charge in [-0.2, -0.15) is 0 Å². The molecule has 1 saturated carbocycles. The number of ketones is 1. The molecule has 1 aliphatic heterocycles. The Morgan fingerprint density at radius 2 is 2.15 bits per heavy atom. The minimum absolute atomic E-state index is 0.134. The summed E-state index contributed by atoms with van der Waals surface area (Å²) in [7, 11) is 0. The van der Waals surface area contributed by atoms with Crippen molar-refractivity contribution >= 4 is 18.2 Å². The van der Waals surface area contributed by atoms with Crippen LogP contribution in [0.5, 0.6) is 0 Å². The van der Waals surface area contributed by atoms with Crippen molar-refractivity contribution in [3.05, 3.63) is 12.2 Å². The SMILES string of the molecule is C=C1CC(=O)CC2(CCN(C=O)CC2)C1C(=O)OCC. The number of hydrogen-bond acceptors (Lipinski definition) is 4. The van der Waals surface area contributed by atoms with Crippen molar-refractivity contribution in [1.29, 1.82) is 0 Å². The number of piperidine rings is 1. The molecule has 0 radical (unpaired) electrons. The summed E-state index contributed by atoms with van der Waals surface area (Å²) in [5.74, 6) is -0.548. The first-order chi connectivity index (χ1) is 9.52. The maximum absolute atomic E-state index is 12.3. The van der Waals surface area contributed by atoms with E-state index in [2.05, 4.69) is 6.58 Å². The zero-order valence-electron chi connectivity index (χ0n) is 11.9. The molecule has 0 aromatic rings. The number of esters is 1. The van der Waals surface area contributed by atoms with Gasteiger partial charge in [0.1, 0.15) is 5.78 Å². The maximum atomic E-state index is 12.3. The van der Waals surface area contributed by atoms with Crippen molar-refractivity contribution in [2.45, 2.75) is 32.6 Å². The molecule has 2 aliphatic rings. The van der Waals surface area contributed by atoms with Gasteiger partial charge in [-0.25, -0.2) is 0 Å². The van der Waals surface area contributed by atoms with Gasteiger partial charge < -0.3 is 9.64 Å². The number of rotatable bonds is 3. The topological polar surface area (TPSA) is 63.7 Å². The molecule has 1 aliphatic carbocycles. The summed E-state index contributed by atoms with van der Waals surface area (Å²) in [6.07, 6.45) is 2.79. The van der Waals surface area contributed by atoms with Crippen molar-refractivity contribution in [2.75, 3.05) is 19.7 Å². The van der Waals surface area contributed by atoms with Crippen LogP contribution in [0.2, 0.25) is 0 Å². The zero-order valence-corrected chi connectivity index (χ0v) is 11.9. The van der Waals surface area contributed by atoms with Crippen LogP contribution < -0.4 is 0 Å². The van der Waals surface area contributed by atoms with Gasteiger partial charge in [-0.1, -0.05) is 12.2 Å². The lowest BCUT2D eigenvalue weighted by atomic mass is 9.59. The summed E-state index contributed by atoms with van der Waals surface area (Å²) in [4.78, 5) is 36.7. The highest BCUT2D eigenvalue weighted by Gasteiger charge is 2.50. The van der Waals surface area contributed by atoms with Crippen LogP contribution in [0.25, 0.3) is 0 Å². The Morgan fingerprint density at radius 3 is 2.70 bits per heavy atom. The van der Waals surface area contributed by atoms with Crippen molar-refractivity contribution in [1.82, 2.24) is 4.90 Å². The molecular formula is C15H21NO4. The van der Waals surface area contributed by atoms with Gasteiger partial charge in [0.05, 0.1) is 12.5 Å². The summed E-state index contributed by atoms with van der Waals surface area (Å²) in [6.45, 7) is 7.20. The second-order valence-corrected chi connectivity index (χ2v) is 5.74. The molecule has 1 atom stereocenters. The van der Waals surface area contributed by atoms with Crippen LogP contribution >= 0.6 is 0 Å². The largest absolute Gasteiger partial charge is 0.466 e. The molecule has 1 saturated heterocycles. The van der Waals surface area contributed by atoms with E-state index in [1.165, 1.54) is 0 Å². The Labute approximate surface area is 119 Å². The van der Waals surface area contributed by atoms with Gasteiger partial charge in [0, 0.05) is 25.9 Å². The van der Waals surface area contributed by atoms with Crippen molar-refractivity contribution < 1.29 is 19.1 Å². The fraction of sp³-hybridized carbons (Fsp3) is 0.667. The molecule has 110 valence electrons. The van der Waals surface area contributed by atoms with Crippen molar-refractivity contribution in [3.63, 3.8) is 0 Å². The average molecular weight is 279 g/mol. The lowest BCUT2D eigenvalue weighted by Crippen LogP contribution is -2.50.